The molecule has 0 bridgehead atoms. The number of nitrogens with zero attached hydrogens (tertiary/aromatic N) is 1. The molecule has 1 saturated heterocycles. The molecule has 1 fully saturated rings. The van der Waals surface area contributed by atoms with Crippen LogP contribution in [0.4, 0.5) is 0 Å². The smallest absolute Gasteiger partial charge is 0.287 e. The molecule has 0 spiro atoms. The summed E-state index contributed by atoms with van der Waals surface area (Å²) < 4.78 is 16.5. The SMILES string of the molecule is CC(C)C(NC(=O)c1ccco1)C(=O)NCc1cccc(OCCN(C)C2CCOCC2)c1. The Kier molecular flexibility index (Phi) is 9.33. The van der Waals surface area contributed by atoms with E-state index < -0.39 is 11.9 Å². The number of likely N-dealkylation sites (N-methyl/N-ethyl adjacent to an activating group) is 1. The molecule has 2 amide bonds. The van der Waals surface area contributed by atoms with E-state index in [-0.39, 0.29) is 17.6 Å². The average Bonchev–Trinajstić information content (AvgIpc) is 3.37. The highest BCUT2D eigenvalue weighted by molar-refractivity contribution is 5.95. The summed E-state index contributed by atoms with van der Waals surface area (Å²) in [6.07, 6.45) is 3.55. The zero-order valence-corrected chi connectivity index (χ0v) is 19.7. The molecule has 0 saturated carbocycles. The Morgan fingerprint density at radius 1 is 1.18 bits per heavy atom. The Morgan fingerprint density at radius 3 is 2.67 bits per heavy atom. The molecule has 3 rings (SSSR count). The normalized spacial score (nSPS) is 15.4. The Hall–Kier alpha value is -2.84. The number of hydrogen-bond donors (Lipinski definition) is 2. The zero-order chi connectivity index (χ0) is 23.6. The minimum absolute atomic E-state index is 0.0775. The highest BCUT2D eigenvalue weighted by Crippen LogP contribution is 2.15. The first-order valence-electron chi connectivity index (χ1n) is 11.6. The molecule has 2 N–H and O–H groups in total. The van der Waals surface area contributed by atoms with E-state index in [9.17, 15) is 9.59 Å². The molecule has 1 aromatic carbocycles. The Balaban J connectivity index is 1.46. The molecule has 8 heteroatoms. The quantitative estimate of drug-likeness (QED) is 0.539. The fourth-order valence-corrected chi connectivity index (χ4v) is 3.82. The van der Waals surface area contributed by atoms with Gasteiger partial charge in [-0.15, -0.1) is 0 Å². The summed E-state index contributed by atoms with van der Waals surface area (Å²) >= 11 is 0. The van der Waals surface area contributed by atoms with Gasteiger partial charge in [-0.2, -0.15) is 0 Å². The lowest BCUT2D eigenvalue weighted by Gasteiger charge is -2.31. The van der Waals surface area contributed by atoms with Crippen molar-refractivity contribution < 1.29 is 23.5 Å². The molecular weight excluding hydrogens is 422 g/mol. The van der Waals surface area contributed by atoms with Gasteiger partial charge in [-0.25, -0.2) is 0 Å². The first-order valence-corrected chi connectivity index (χ1v) is 11.6. The van der Waals surface area contributed by atoms with Crippen LogP contribution in [0.5, 0.6) is 5.75 Å². The Morgan fingerprint density at radius 2 is 1.97 bits per heavy atom. The molecule has 1 aliphatic heterocycles. The van der Waals surface area contributed by atoms with Crippen LogP contribution in [-0.2, 0) is 16.1 Å². The number of carbonyl (C=O) groups is 2. The van der Waals surface area contributed by atoms with Crippen molar-refractivity contribution in [3.8, 4) is 5.75 Å². The highest BCUT2D eigenvalue weighted by atomic mass is 16.5. The highest BCUT2D eigenvalue weighted by Gasteiger charge is 2.25. The molecule has 8 nitrogen and oxygen atoms in total. The predicted molar refractivity (Wildman–Crippen MR) is 125 cm³/mol. The number of furan rings is 1. The van der Waals surface area contributed by atoms with Gasteiger partial charge in [0.2, 0.25) is 5.91 Å². The summed E-state index contributed by atoms with van der Waals surface area (Å²) in [6, 6.07) is 10.8. The van der Waals surface area contributed by atoms with Crippen molar-refractivity contribution in [1.82, 2.24) is 15.5 Å². The fourth-order valence-electron chi connectivity index (χ4n) is 3.82. The number of carbonyl (C=O) groups excluding carboxylic acids is 2. The molecule has 2 aromatic rings. The van der Waals surface area contributed by atoms with Gasteiger partial charge in [0.25, 0.3) is 5.91 Å². The second kappa shape index (κ2) is 12.4. The minimum atomic E-state index is -0.664. The molecule has 1 atom stereocenters. The van der Waals surface area contributed by atoms with Crippen LogP contribution in [0.2, 0.25) is 0 Å². The predicted octanol–water partition coefficient (Wildman–Crippen LogP) is 2.84. The summed E-state index contributed by atoms with van der Waals surface area (Å²) in [6.45, 7) is 7.21. The van der Waals surface area contributed by atoms with Crippen LogP contribution in [0.3, 0.4) is 0 Å². The maximum absolute atomic E-state index is 12.7. The number of nitrogens with one attached hydrogen (secondary N) is 2. The van der Waals surface area contributed by atoms with Crippen molar-refractivity contribution in [1.29, 1.82) is 0 Å². The number of ether oxygens (including phenoxy) is 2. The molecule has 0 aliphatic carbocycles. The topological polar surface area (TPSA) is 93.0 Å². The largest absolute Gasteiger partial charge is 0.492 e. The number of amides is 2. The molecule has 180 valence electrons. The van der Waals surface area contributed by atoms with Crippen molar-refractivity contribution in [3.63, 3.8) is 0 Å². The Labute approximate surface area is 195 Å². The number of rotatable bonds is 11. The van der Waals surface area contributed by atoms with Gasteiger partial charge in [0, 0.05) is 32.3 Å². The number of hydrogen-bond acceptors (Lipinski definition) is 6. The van der Waals surface area contributed by atoms with Gasteiger partial charge in [-0.3, -0.25) is 14.5 Å². The van der Waals surface area contributed by atoms with E-state index in [1.165, 1.54) is 6.26 Å². The first kappa shape index (κ1) is 24.8. The lowest BCUT2D eigenvalue weighted by molar-refractivity contribution is -0.124. The summed E-state index contributed by atoms with van der Waals surface area (Å²) in [4.78, 5) is 27.4. The van der Waals surface area contributed by atoms with Crippen LogP contribution in [0, 0.1) is 5.92 Å². The second-order valence-corrected chi connectivity index (χ2v) is 8.71. The summed E-state index contributed by atoms with van der Waals surface area (Å²) in [7, 11) is 2.13. The van der Waals surface area contributed by atoms with E-state index in [4.69, 9.17) is 13.9 Å². The van der Waals surface area contributed by atoms with Crippen molar-refractivity contribution in [2.24, 2.45) is 5.92 Å². The molecule has 1 aromatic heterocycles. The molecule has 33 heavy (non-hydrogen) atoms. The van der Waals surface area contributed by atoms with Gasteiger partial charge in [0.1, 0.15) is 18.4 Å². The summed E-state index contributed by atoms with van der Waals surface area (Å²) in [5.74, 6) is 0.227. The van der Waals surface area contributed by atoms with Gasteiger partial charge in [-0.1, -0.05) is 26.0 Å². The summed E-state index contributed by atoms with van der Waals surface area (Å²) in [5.41, 5.74) is 0.929. The van der Waals surface area contributed by atoms with E-state index in [0.29, 0.717) is 19.2 Å². The van der Waals surface area contributed by atoms with Gasteiger partial charge in [0.05, 0.1) is 6.26 Å². The van der Waals surface area contributed by atoms with Crippen molar-refractivity contribution >= 4 is 11.8 Å². The van der Waals surface area contributed by atoms with Crippen LogP contribution in [0.1, 0.15) is 42.8 Å². The maximum atomic E-state index is 12.7. The van der Waals surface area contributed by atoms with E-state index in [2.05, 4.69) is 22.6 Å². The van der Waals surface area contributed by atoms with Crippen molar-refractivity contribution in [2.75, 3.05) is 33.4 Å². The van der Waals surface area contributed by atoms with Crippen LogP contribution >= 0.6 is 0 Å². The van der Waals surface area contributed by atoms with Gasteiger partial charge >= 0.3 is 0 Å². The lowest BCUT2D eigenvalue weighted by atomic mass is 10.0. The zero-order valence-electron chi connectivity index (χ0n) is 19.7. The van der Waals surface area contributed by atoms with Crippen LogP contribution in [0.15, 0.2) is 47.1 Å². The third kappa shape index (κ3) is 7.61. The molecule has 2 heterocycles. The third-order valence-electron chi connectivity index (χ3n) is 5.87. The second-order valence-electron chi connectivity index (χ2n) is 8.71. The van der Waals surface area contributed by atoms with E-state index in [0.717, 1.165) is 43.9 Å². The fraction of sp³-hybridized carbons (Fsp3) is 0.520. The Bertz CT molecular complexity index is 878. The number of benzene rings is 1. The van der Waals surface area contributed by atoms with Gasteiger partial charge in [0.15, 0.2) is 5.76 Å². The van der Waals surface area contributed by atoms with Crippen LogP contribution in [-0.4, -0.2) is 62.2 Å². The van der Waals surface area contributed by atoms with E-state index >= 15 is 0 Å². The lowest BCUT2D eigenvalue weighted by Crippen LogP contribution is -2.49. The molecule has 1 aliphatic rings. The monoisotopic (exact) mass is 457 g/mol. The molecule has 1 unspecified atom stereocenters. The summed E-state index contributed by atoms with van der Waals surface area (Å²) in [5, 5.41) is 5.67. The van der Waals surface area contributed by atoms with Gasteiger partial charge < -0.3 is 24.5 Å². The van der Waals surface area contributed by atoms with Crippen molar-refractivity contribution in [2.45, 2.75) is 45.3 Å². The van der Waals surface area contributed by atoms with Crippen LogP contribution in [0.25, 0.3) is 0 Å². The first-order chi connectivity index (χ1) is 15.9. The van der Waals surface area contributed by atoms with Crippen molar-refractivity contribution in [3.05, 3.63) is 54.0 Å². The molecule has 0 radical (unpaired) electrons. The van der Waals surface area contributed by atoms with E-state index in [1.54, 1.807) is 12.1 Å². The minimum Gasteiger partial charge on any atom is -0.492 e. The maximum Gasteiger partial charge on any atom is 0.287 e. The molecular formula is C25H35N3O5. The standard InChI is InChI=1S/C25H35N3O5/c1-18(2)23(27-24(29)22-8-5-12-33-22)25(30)26-17-19-6-4-7-21(16-19)32-15-11-28(3)20-9-13-31-14-10-20/h4-8,12,16,18,20,23H,9-11,13-15,17H2,1-3H3,(H,26,30)(H,27,29). The average molecular weight is 458 g/mol. The van der Waals surface area contributed by atoms with Crippen LogP contribution < -0.4 is 15.4 Å². The van der Waals surface area contributed by atoms with Gasteiger partial charge in [-0.05, 0) is 55.6 Å². The third-order valence-corrected chi connectivity index (χ3v) is 5.87. The van der Waals surface area contributed by atoms with E-state index in [1.807, 2.05) is 38.1 Å².